The third-order valence-electron chi connectivity index (χ3n) is 5.31. The molecule has 2 bridgehead atoms. The Morgan fingerprint density at radius 1 is 1.25 bits per heavy atom. The Labute approximate surface area is 166 Å². The molecule has 1 aromatic heterocycles. The number of aromatic nitrogens is 2. The van der Waals surface area contributed by atoms with Gasteiger partial charge in [-0.1, -0.05) is 11.6 Å². The third-order valence-corrected chi connectivity index (χ3v) is 5.62. The molecule has 3 aliphatic carbocycles. The molecule has 0 aliphatic heterocycles. The molecule has 7 nitrogen and oxygen atoms in total. The molecule has 1 heterocycles. The highest BCUT2D eigenvalue weighted by Gasteiger charge is 2.69. The first-order chi connectivity index (χ1) is 13.2. The van der Waals surface area contributed by atoms with Crippen molar-refractivity contribution in [3.8, 4) is 5.75 Å². The molecule has 28 heavy (non-hydrogen) atoms. The van der Waals surface area contributed by atoms with E-state index in [1.54, 1.807) is 17.8 Å². The van der Waals surface area contributed by atoms with Gasteiger partial charge in [0.15, 0.2) is 6.61 Å². The molecule has 0 radical (unpaired) electrons. The Bertz CT molecular complexity index is 954. The SMILES string of the molecule is Cc1cc(C(=O)NC23CC(NC(=O)COc4ccc(Cl)c(F)c4)(C2)C3)n(C)n1. The van der Waals surface area contributed by atoms with Crippen molar-refractivity contribution in [1.82, 2.24) is 20.4 Å². The van der Waals surface area contributed by atoms with Crippen LogP contribution in [0.5, 0.6) is 5.75 Å². The van der Waals surface area contributed by atoms with E-state index in [0.29, 0.717) is 25.0 Å². The van der Waals surface area contributed by atoms with Gasteiger partial charge in [0.1, 0.15) is 17.3 Å². The van der Waals surface area contributed by atoms with Crippen LogP contribution in [0.1, 0.15) is 35.4 Å². The largest absolute Gasteiger partial charge is 0.484 e. The van der Waals surface area contributed by atoms with Gasteiger partial charge in [0.05, 0.1) is 10.7 Å². The number of carbonyl (C=O) groups excluding carboxylic acids is 2. The van der Waals surface area contributed by atoms with E-state index in [0.717, 1.165) is 11.8 Å². The second-order valence-corrected chi connectivity index (χ2v) is 8.16. The second-order valence-electron chi connectivity index (χ2n) is 7.75. The molecule has 9 heteroatoms. The Morgan fingerprint density at radius 3 is 2.54 bits per heavy atom. The smallest absolute Gasteiger partial charge is 0.269 e. The minimum absolute atomic E-state index is 0.000651. The van der Waals surface area contributed by atoms with Crippen molar-refractivity contribution in [2.75, 3.05) is 6.61 Å². The van der Waals surface area contributed by atoms with E-state index in [2.05, 4.69) is 15.7 Å². The molecule has 3 aliphatic rings. The summed E-state index contributed by atoms with van der Waals surface area (Å²) in [5.74, 6) is -0.793. The molecular weight excluding hydrogens is 387 g/mol. The van der Waals surface area contributed by atoms with Gasteiger partial charge in [-0.3, -0.25) is 14.3 Å². The summed E-state index contributed by atoms with van der Waals surface area (Å²) >= 11 is 5.62. The van der Waals surface area contributed by atoms with Crippen LogP contribution in [0.3, 0.4) is 0 Å². The van der Waals surface area contributed by atoms with Crippen molar-refractivity contribution in [1.29, 1.82) is 0 Å². The molecule has 2 amide bonds. The minimum atomic E-state index is -0.597. The van der Waals surface area contributed by atoms with Crippen molar-refractivity contribution in [2.45, 2.75) is 37.3 Å². The molecule has 148 valence electrons. The van der Waals surface area contributed by atoms with Gasteiger partial charge in [-0.15, -0.1) is 0 Å². The van der Waals surface area contributed by atoms with E-state index in [4.69, 9.17) is 16.3 Å². The van der Waals surface area contributed by atoms with Gasteiger partial charge in [-0.2, -0.15) is 5.10 Å². The van der Waals surface area contributed by atoms with Crippen LogP contribution in [-0.4, -0.2) is 39.3 Å². The van der Waals surface area contributed by atoms with Crippen molar-refractivity contribution in [2.24, 2.45) is 7.05 Å². The normalized spacial score (nSPS) is 24.7. The monoisotopic (exact) mass is 406 g/mol. The van der Waals surface area contributed by atoms with Crippen LogP contribution in [0.4, 0.5) is 4.39 Å². The van der Waals surface area contributed by atoms with Gasteiger partial charge in [0.25, 0.3) is 11.8 Å². The number of nitrogens with zero attached hydrogens (tertiary/aromatic N) is 2. The number of hydrogen-bond donors (Lipinski definition) is 2. The maximum atomic E-state index is 13.4. The van der Waals surface area contributed by atoms with Crippen molar-refractivity contribution in [3.63, 3.8) is 0 Å². The number of carbonyl (C=O) groups is 2. The predicted octanol–water partition coefficient (Wildman–Crippen LogP) is 2.12. The Hall–Kier alpha value is -2.61. The van der Waals surface area contributed by atoms with E-state index in [-0.39, 0.29) is 40.3 Å². The summed E-state index contributed by atoms with van der Waals surface area (Å²) in [5.41, 5.74) is 0.753. The number of ether oxygens (including phenoxy) is 1. The number of rotatable bonds is 6. The number of benzene rings is 1. The van der Waals surface area contributed by atoms with Gasteiger partial charge in [0, 0.05) is 24.2 Å². The molecule has 0 spiro atoms. The maximum absolute atomic E-state index is 13.4. The maximum Gasteiger partial charge on any atom is 0.269 e. The third kappa shape index (κ3) is 3.32. The Kier molecular flexibility index (Phi) is 4.33. The topological polar surface area (TPSA) is 85.3 Å². The quantitative estimate of drug-likeness (QED) is 0.769. The number of hydrogen-bond acceptors (Lipinski definition) is 4. The highest BCUT2D eigenvalue weighted by Crippen LogP contribution is 2.60. The second kappa shape index (κ2) is 6.48. The lowest BCUT2D eigenvalue weighted by Crippen LogP contribution is -2.84. The fourth-order valence-electron chi connectivity index (χ4n) is 4.23. The van der Waals surface area contributed by atoms with Crippen LogP contribution in [0.2, 0.25) is 5.02 Å². The van der Waals surface area contributed by atoms with E-state index in [1.165, 1.54) is 12.1 Å². The van der Waals surface area contributed by atoms with Crippen LogP contribution in [0.15, 0.2) is 24.3 Å². The number of amides is 2. The Balaban J connectivity index is 1.25. The lowest BCUT2D eigenvalue weighted by atomic mass is 9.44. The summed E-state index contributed by atoms with van der Waals surface area (Å²) in [6, 6.07) is 5.77. The first-order valence-electron chi connectivity index (χ1n) is 8.91. The highest BCUT2D eigenvalue weighted by molar-refractivity contribution is 6.30. The zero-order valence-electron chi connectivity index (χ0n) is 15.5. The average Bonchev–Trinajstić information content (AvgIpc) is 2.91. The van der Waals surface area contributed by atoms with E-state index in [1.807, 2.05) is 6.92 Å². The number of aryl methyl sites for hydroxylation is 2. The van der Waals surface area contributed by atoms with E-state index in [9.17, 15) is 14.0 Å². The lowest BCUT2D eigenvalue weighted by molar-refractivity contribution is -0.141. The molecule has 3 saturated carbocycles. The van der Waals surface area contributed by atoms with Crippen LogP contribution in [0.25, 0.3) is 0 Å². The molecule has 0 saturated heterocycles. The van der Waals surface area contributed by atoms with Crippen LogP contribution >= 0.6 is 11.6 Å². The fourth-order valence-corrected chi connectivity index (χ4v) is 4.35. The molecule has 2 aromatic rings. The summed E-state index contributed by atoms with van der Waals surface area (Å²) < 4.78 is 20.3. The van der Waals surface area contributed by atoms with Gasteiger partial charge >= 0.3 is 0 Å². The summed E-state index contributed by atoms with van der Waals surface area (Å²) in [7, 11) is 1.73. The molecule has 2 N–H and O–H groups in total. The number of nitrogens with one attached hydrogen (secondary N) is 2. The van der Waals surface area contributed by atoms with Crippen LogP contribution in [-0.2, 0) is 11.8 Å². The first-order valence-corrected chi connectivity index (χ1v) is 9.29. The van der Waals surface area contributed by atoms with Crippen molar-refractivity contribution >= 4 is 23.4 Å². The van der Waals surface area contributed by atoms with Crippen molar-refractivity contribution in [3.05, 3.63) is 46.5 Å². The zero-order valence-corrected chi connectivity index (χ0v) is 16.3. The van der Waals surface area contributed by atoms with Gasteiger partial charge in [-0.25, -0.2) is 4.39 Å². The summed E-state index contributed by atoms with van der Waals surface area (Å²) in [4.78, 5) is 24.6. The highest BCUT2D eigenvalue weighted by atomic mass is 35.5. The summed E-state index contributed by atoms with van der Waals surface area (Å²) in [6.45, 7) is 1.62. The number of halogens is 2. The van der Waals surface area contributed by atoms with Gasteiger partial charge < -0.3 is 15.4 Å². The standard InChI is InChI=1S/C19H20ClFN4O3/c1-11-5-15(25(2)24-11)17(27)23-19-8-18(9-19,10-19)22-16(26)7-28-12-3-4-13(20)14(21)6-12/h3-6H,7-10H2,1-2H3,(H,22,26)(H,23,27). The molecule has 1 aromatic carbocycles. The minimum Gasteiger partial charge on any atom is -0.484 e. The van der Waals surface area contributed by atoms with Gasteiger partial charge in [-0.05, 0) is 44.4 Å². The van der Waals surface area contributed by atoms with Crippen LogP contribution in [0, 0.1) is 12.7 Å². The fraction of sp³-hybridized carbons (Fsp3) is 0.421. The van der Waals surface area contributed by atoms with E-state index < -0.39 is 5.82 Å². The lowest BCUT2D eigenvalue weighted by Gasteiger charge is -2.70. The van der Waals surface area contributed by atoms with Crippen molar-refractivity contribution < 1.29 is 18.7 Å². The molecule has 3 fully saturated rings. The van der Waals surface area contributed by atoms with E-state index >= 15 is 0 Å². The molecule has 5 rings (SSSR count). The Morgan fingerprint density at radius 2 is 1.93 bits per heavy atom. The predicted molar refractivity (Wildman–Crippen MR) is 99.8 cm³/mol. The average molecular weight is 407 g/mol. The van der Waals surface area contributed by atoms with Crippen LogP contribution < -0.4 is 15.4 Å². The van der Waals surface area contributed by atoms with Gasteiger partial charge in [0.2, 0.25) is 0 Å². The molecular formula is C19H20ClFN4O3. The molecule has 0 unspecified atom stereocenters. The summed E-state index contributed by atoms with van der Waals surface area (Å²) in [6.07, 6.45) is 2.05. The first kappa shape index (κ1) is 18.7. The zero-order chi connectivity index (χ0) is 20.1. The summed E-state index contributed by atoms with van der Waals surface area (Å²) in [5, 5.41) is 10.2. The molecule has 0 atom stereocenters.